The number of hydrogen-bond donors (Lipinski definition) is 1. The molecule has 16 heavy (non-hydrogen) atoms. The van der Waals surface area contributed by atoms with Gasteiger partial charge in [-0.05, 0) is 41.4 Å². The van der Waals surface area contributed by atoms with Crippen LogP contribution in [-0.2, 0) is 4.74 Å². The molecule has 0 amide bonds. The van der Waals surface area contributed by atoms with Crippen molar-refractivity contribution in [2.24, 2.45) is 5.73 Å². The van der Waals surface area contributed by atoms with Gasteiger partial charge in [0.1, 0.15) is 11.6 Å². The molecule has 0 heterocycles. The average Bonchev–Trinajstić information content (AvgIpc) is 2.24. The molecular formula is C11H14BrF2NO. The summed E-state index contributed by atoms with van der Waals surface area (Å²) in [7, 11) is 0. The summed E-state index contributed by atoms with van der Waals surface area (Å²) >= 11 is 3.00. The minimum atomic E-state index is -0.691. The minimum absolute atomic E-state index is 0.0888. The highest BCUT2D eigenvalue weighted by molar-refractivity contribution is 9.10. The molecule has 5 heteroatoms. The van der Waals surface area contributed by atoms with Gasteiger partial charge in [0.15, 0.2) is 0 Å². The second-order valence-electron chi connectivity index (χ2n) is 3.35. The third kappa shape index (κ3) is 3.23. The summed E-state index contributed by atoms with van der Waals surface area (Å²) in [6, 6.07) is 1.83. The van der Waals surface area contributed by atoms with Crippen molar-refractivity contribution < 1.29 is 13.5 Å². The number of hydrogen-bond acceptors (Lipinski definition) is 2. The number of benzene rings is 1. The fraction of sp³-hybridized carbons (Fsp3) is 0.455. The van der Waals surface area contributed by atoms with Crippen molar-refractivity contribution in [1.82, 2.24) is 0 Å². The number of ether oxygens (including phenoxy) is 1. The van der Waals surface area contributed by atoms with E-state index in [2.05, 4.69) is 15.9 Å². The van der Waals surface area contributed by atoms with Crippen LogP contribution in [0.5, 0.6) is 0 Å². The van der Waals surface area contributed by atoms with Gasteiger partial charge in [-0.25, -0.2) is 8.78 Å². The van der Waals surface area contributed by atoms with E-state index in [-0.39, 0.29) is 10.0 Å². The molecular weight excluding hydrogens is 280 g/mol. The van der Waals surface area contributed by atoms with Crippen molar-refractivity contribution in [3.05, 3.63) is 33.8 Å². The third-order valence-corrected chi connectivity index (χ3v) is 2.84. The van der Waals surface area contributed by atoms with Crippen LogP contribution < -0.4 is 5.73 Å². The standard InChI is InChI=1S/C11H14BrF2NO/c1-2-16-6-5-9(15)10-8(13)4-3-7(12)11(10)14/h3-4,9H,2,5-6,15H2,1H3. The Labute approximate surface area is 102 Å². The van der Waals surface area contributed by atoms with E-state index in [0.29, 0.717) is 19.6 Å². The zero-order valence-electron chi connectivity index (χ0n) is 8.97. The Morgan fingerprint density at radius 2 is 2.12 bits per heavy atom. The molecule has 1 aromatic rings. The summed E-state index contributed by atoms with van der Waals surface area (Å²) in [6.45, 7) is 2.81. The van der Waals surface area contributed by atoms with Crippen molar-refractivity contribution in [3.8, 4) is 0 Å². The fourth-order valence-corrected chi connectivity index (χ4v) is 1.73. The molecule has 0 radical (unpaired) electrons. The molecule has 0 spiro atoms. The van der Waals surface area contributed by atoms with E-state index in [1.807, 2.05) is 6.92 Å². The summed E-state index contributed by atoms with van der Waals surface area (Å²) in [4.78, 5) is 0. The van der Waals surface area contributed by atoms with E-state index in [1.165, 1.54) is 12.1 Å². The normalized spacial score (nSPS) is 12.8. The lowest BCUT2D eigenvalue weighted by Gasteiger charge is -2.14. The molecule has 0 aliphatic rings. The Kier molecular flexibility index (Phi) is 5.31. The molecule has 90 valence electrons. The van der Waals surface area contributed by atoms with Crippen molar-refractivity contribution in [2.45, 2.75) is 19.4 Å². The Balaban J connectivity index is 2.81. The molecule has 1 atom stereocenters. The first-order valence-corrected chi connectivity index (χ1v) is 5.84. The summed E-state index contributed by atoms with van der Waals surface area (Å²) < 4.78 is 32.3. The maximum Gasteiger partial charge on any atom is 0.145 e. The van der Waals surface area contributed by atoms with Gasteiger partial charge < -0.3 is 10.5 Å². The van der Waals surface area contributed by atoms with Gasteiger partial charge in [-0.15, -0.1) is 0 Å². The van der Waals surface area contributed by atoms with Crippen LogP contribution in [0.2, 0.25) is 0 Å². The summed E-state index contributed by atoms with van der Waals surface area (Å²) in [5, 5.41) is 0. The van der Waals surface area contributed by atoms with Gasteiger partial charge in [-0.1, -0.05) is 0 Å². The predicted molar refractivity (Wildman–Crippen MR) is 62.1 cm³/mol. The first kappa shape index (κ1) is 13.5. The second-order valence-corrected chi connectivity index (χ2v) is 4.20. The molecule has 0 saturated carbocycles. The van der Waals surface area contributed by atoms with E-state index >= 15 is 0 Å². The summed E-state index contributed by atoms with van der Waals surface area (Å²) in [5.41, 5.74) is 5.64. The van der Waals surface area contributed by atoms with Crippen molar-refractivity contribution >= 4 is 15.9 Å². The van der Waals surface area contributed by atoms with E-state index in [1.54, 1.807) is 0 Å². The molecule has 0 aliphatic carbocycles. The van der Waals surface area contributed by atoms with Gasteiger partial charge in [0.2, 0.25) is 0 Å². The maximum absolute atomic E-state index is 13.6. The van der Waals surface area contributed by atoms with Crippen LogP contribution in [0.15, 0.2) is 16.6 Å². The fourth-order valence-electron chi connectivity index (χ4n) is 1.38. The zero-order chi connectivity index (χ0) is 12.1. The molecule has 0 aliphatic heterocycles. The first-order valence-electron chi connectivity index (χ1n) is 5.04. The van der Waals surface area contributed by atoms with E-state index in [9.17, 15) is 8.78 Å². The van der Waals surface area contributed by atoms with Gasteiger partial charge in [-0.2, -0.15) is 0 Å². The summed E-state index contributed by atoms with van der Waals surface area (Å²) in [6.07, 6.45) is 0.387. The SMILES string of the molecule is CCOCCC(N)c1c(F)ccc(Br)c1F. The summed E-state index contributed by atoms with van der Waals surface area (Å²) in [5.74, 6) is -1.26. The van der Waals surface area contributed by atoms with Crippen LogP contribution in [0.25, 0.3) is 0 Å². The Morgan fingerprint density at radius 1 is 1.44 bits per heavy atom. The highest BCUT2D eigenvalue weighted by Crippen LogP contribution is 2.27. The second kappa shape index (κ2) is 6.27. The molecule has 0 bridgehead atoms. The number of rotatable bonds is 5. The van der Waals surface area contributed by atoms with Crippen molar-refractivity contribution in [3.63, 3.8) is 0 Å². The molecule has 0 fully saturated rings. The van der Waals surface area contributed by atoms with Crippen LogP contribution in [0.1, 0.15) is 24.9 Å². The first-order chi connectivity index (χ1) is 7.57. The van der Waals surface area contributed by atoms with E-state index in [4.69, 9.17) is 10.5 Å². The van der Waals surface area contributed by atoms with Crippen molar-refractivity contribution in [2.75, 3.05) is 13.2 Å². The molecule has 2 N–H and O–H groups in total. The van der Waals surface area contributed by atoms with Crippen LogP contribution in [0.4, 0.5) is 8.78 Å². The van der Waals surface area contributed by atoms with Gasteiger partial charge >= 0.3 is 0 Å². The van der Waals surface area contributed by atoms with Crippen molar-refractivity contribution in [1.29, 1.82) is 0 Å². The third-order valence-electron chi connectivity index (χ3n) is 2.23. The van der Waals surface area contributed by atoms with Crippen LogP contribution in [0.3, 0.4) is 0 Å². The quantitative estimate of drug-likeness (QED) is 0.669. The van der Waals surface area contributed by atoms with E-state index < -0.39 is 17.7 Å². The monoisotopic (exact) mass is 293 g/mol. The molecule has 2 nitrogen and oxygen atoms in total. The van der Waals surface area contributed by atoms with E-state index in [0.717, 1.165) is 0 Å². The molecule has 0 aromatic heterocycles. The highest BCUT2D eigenvalue weighted by atomic mass is 79.9. The van der Waals surface area contributed by atoms with Crippen LogP contribution >= 0.6 is 15.9 Å². The highest BCUT2D eigenvalue weighted by Gasteiger charge is 2.18. The lowest BCUT2D eigenvalue weighted by molar-refractivity contribution is 0.139. The number of nitrogens with two attached hydrogens (primary N) is 1. The van der Waals surface area contributed by atoms with Gasteiger partial charge in [0.05, 0.1) is 4.47 Å². The van der Waals surface area contributed by atoms with Gasteiger partial charge in [-0.3, -0.25) is 0 Å². The Morgan fingerprint density at radius 3 is 2.75 bits per heavy atom. The lowest BCUT2D eigenvalue weighted by Crippen LogP contribution is -2.16. The smallest absolute Gasteiger partial charge is 0.145 e. The average molecular weight is 294 g/mol. The Hall–Kier alpha value is -0.520. The van der Waals surface area contributed by atoms with Crippen LogP contribution in [0, 0.1) is 11.6 Å². The number of halogens is 3. The molecule has 1 aromatic carbocycles. The van der Waals surface area contributed by atoms with Gasteiger partial charge in [0.25, 0.3) is 0 Å². The maximum atomic E-state index is 13.6. The topological polar surface area (TPSA) is 35.2 Å². The molecule has 1 rings (SSSR count). The molecule has 0 saturated heterocycles. The molecule has 1 unspecified atom stereocenters. The zero-order valence-corrected chi connectivity index (χ0v) is 10.6. The predicted octanol–water partition coefficient (Wildman–Crippen LogP) is 3.15. The Bertz CT molecular complexity index is 360. The largest absolute Gasteiger partial charge is 0.382 e. The minimum Gasteiger partial charge on any atom is -0.382 e. The van der Waals surface area contributed by atoms with Crippen LogP contribution in [-0.4, -0.2) is 13.2 Å². The lowest BCUT2D eigenvalue weighted by atomic mass is 10.0. The van der Waals surface area contributed by atoms with Gasteiger partial charge in [0, 0.05) is 24.8 Å².